The number of anilines is 1. The lowest BCUT2D eigenvalue weighted by atomic mass is 10.2. The van der Waals surface area contributed by atoms with Gasteiger partial charge in [0.2, 0.25) is 15.9 Å². The number of sulfonamides is 1. The molecule has 0 spiro atoms. The molecule has 0 saturated carbocycles. The molecule has 7 heteroatoms. The second-order valence-corrected chi connectivity index (χ2v) is 7.06. The third-order valence-corrected chi connectivity index (χ3v) is 5.07. The topological polar surface area (TPSA) is 59.5 Å². The van der Waals surface area contributed by atoms with Crippen LogP contribution in [-0.2, 0) is 15.8 Å². The van der Waals surface area contributed by atoms with Gasteiger partial charge < -0.3 is 4.74 Å². The lowest BCUT2D eigenvalue weighted by molar-refractivity contribution is 0.210. The first-order chi connectivity index (χ1) is 10.5. The van der Waals surface area contributed by atoms with Crippen LogP contribution < -0.4 is 9.04 Å². The van der Waals surface area contributed by atoms with Gasteiger partial charge in [0, 0.05) is 6.20 Å². The Kier molecular flexibility index (Phi) is 3.74. The first kappa shape index (κ1) is 14.8. The predicted octanol–water partition coefficient (Wildman–Crippen LogP) is 2.34. The van der Waals surface area contributed by atoms with E-state index in [1.165, 1.54) is 28.6 Å². The van der Waals surface area contributed by atoms with Gasteiger partial charge in [0.1, 0.15) is 17.6 Å². The zero-order valence-corrected chi connectivity index (χ0v) is 12.8. The van der Waals surface area contributed by atoms with Crippen LogP contribution in [0.25, 0.3) is 0 Å². The van der Waals surface area contributed by atoms with E-state index in [0.717, 1.165) is 0 Å². The normalized spacial score (nSPS) is 17.7. The smallest absolute Gasteiger partial charge is 0.239 e. The molecule has 0 aliphatic carbocycles. The third-order valence-electron chi connectivity index (χ3n) is 3.35. The number of hydrogen-bond acceptors (Lipinski definition) is 4. The van der Waals surface area contributed by atoms with Gasteiger partial charge in [-0.1, -0.05) is 12.1 Å². The second-order valence-electron chi connectivity index (χ2n) is 5.17. The number of fused-ring (bicyclic) bond motifs is 1. The van der Waals surface area contributed by atoms with Crippen molar-refractivity contribution in [2.24, 2.45) is 0 Å². The van der Waals surface area contributed by atoms with Crippen LogP contribution in [0, 0.1) is 5.82 Å². The van der Waals surface area contributed by atoms with E-state index in [1.807, 2.05) is 0 Å². The van der Waals surface area contributed by atoms with Crippen molar-refractivity contribution < 1.29 is 17.5 Å². The van der Waals surface area contributed by atoms with Crippen LogP contribution in [0.3, 0.4) is 0 Å². The number of benzene rings is 1. The fourth-order valence-corrected chi connectivity index (χ4v) is 4.00. The lowest BCUT2D eigenvalue weighted by Crippen LogP contribution is -2.43. The van der Waals surface area contributed by atoms with Crippen molar-refractivity contribution in [3.05, 3.63) is 54.0 Å². The summed E-state index contributed by atoms with van der Waals surface area (Å²) in [6.07, 6.45) is 1.27. The van der Waals surface area contributed by atoms with E-state index in [9.17, 15) is 12.8 Å². The average molecular weight is 322 g/mol. The van der Waals surface area contributed by atoms with E-state index in [0.29, 0.717) is 17.1 Å². The summed E-state index contributed by atoms with van der Waals surface area (Å²) in [6, 6.07) is 8.78. The molecule has 3 rings (SSSR count). The highest BCUT2D eigenvalue weighted by Crippen LogP contribution is 2.33. The molecule has 1 aliphatic rings. The van der Waals surface area contributed by atoms with Gasteiger partial charge in [-0.2, -0.15) is 0 Å². The molecule has 0 bridgehead atoms. The molecule has 0 N–H and O–H groups in total. The lowest BCUT2D eigenvalue weighted by Gasteiger charge is -2.33. The first-order valence-corrected chi connectivity index (χ1v) is 8.43. The van der Waals surface area contributed by atoms with E-state index < -0.39 is 15.8 Å². The van der Waals surface area contributed by atoms with Crippen LogP contribution >= 0.6 is 0 Å². The summed E-state index contributed by atoms with van der Waals surface area (Å²) in [6.45, 7) is 2.01. The number of hydrogen-bond donors (Lipinski definition) is 0. The molecule has 2 aromatic rings. The van der Waals surface area contributed by atoms with Crippen molar-refractivity contribution in [3.8, 4) is 5.88 Å². The van der Waals surface area contributed by atoms with E-state index in [2.05, 4.69) is 4.98 Å². The van der Waals surface area contributed by atoms with Crippen molar-refractivity contribution in [3.63, 3.8) is 0 Å². The Balaban J connectivity index is 1.93. The Morgan fingerprint density at radius 1 is 1.32 bits per heavy atom. The SMILES string of the molecule is CC1CN(S(=O)(=O)Cc2ccc(F)cc2)c2cccnc2O1. The van der Waals surface area contributed by atoms with Gasteiger partial charge >= 0.3 is 0 Å². The van der Waals surface area contributed by atoms with Gasteiger partial charge in [-0.3, -0.25) is 4.31 Å². The zero-order chi connectivity index (χ0) is 15.7. The molecule has 2 heterocycles. The summed E-state index contributed by atoms with van der Waals surface area (Å²) in [5.74, 6) is -0.284. The molecule has 0 fully saturated rings. The van der Waals surface area contributed by atoms with Crippen LogP contribution in [0.4, 0.5) is 10.1 Å². The quantitative estimate of drug-likeness (QED) is 0.870. The molecule has 0 radical (unpaired) electrons. The number of halogens is 1. The monoisotopic (exact) mass is 322 g/mol. The maximum absolute atomic E-state index is 12.9. The van der Waals surface area contributed by atoms with Crippen molar-refractivity contribution in [2.75, 3.05) is 10.8 Å². The number of ether oxygens (including phenoxy) is 1. The standard InChI is InChI=1S/C15H15FN2O3S/c1-11-9-18(14-3-2-8-17-15(14)21-11)22(19,20)10-12-4-6-13(16)7-5-12/h2-8,11H,9-10H2,1H3. The number of pyridine rings is 1. The molecule has 1 unspecified atom stereocenters. The zero-order valence-electron chi connectivity index (χ0n) is 11.9. The van der Waals surface area contributed by atoms with Gasteiger partial charge in [0.15, 0.2) is 0 Å². The molecular formula is C15H15FN2O3S. The molecule has 1 atom stereocenters. The van der Waals surface area contributed by atoms with E-state index in [-0.39, 0.29) is 18.4 Å². The minimum Gasteiger partial charge on any atom is -0.471 e. The number of nitrogens with zero attached hydrogens (tertiary/aromatic N) is 2. The average Bonchev–Trinajstić information content (AvgIpc) is 2.48. The second kappa shape index (κ2) is 5.57. The van der Waals surface area contributed by atoms with Crippen molar-refractivity contribution >= 4 is 15.7 Å². The highest BCUT2D eigenvalue weighted by molar-refractivity contribution is 7.92. The van der Waals surface area contributed by atoms with Gasteiger partial charge in [0.25, 0.3) is 0 Å². The van der Waals surface area contributed by atoms with E-state index in [4.69, 9.17) is 4.74 Å². The molecule has 1 aromatic carbocycles. The van der Waals surface area contributed by atoms with Crippen LogP contribution in [0.1, 0.15) is 12.5 Å². The van der Waals surface area contributed by atoms with Crippen LogP contribution in [-0.4, -0.2) is 26.1 Å². The Labute approximate surface area is 128 Å². The summed E-state index contributed by atoms with van der Waals surface area (Å²) in [5, 5.41) is 0. The minimum absolute atomic E-state index is 0.200. The molecule has 116 valence electrons. The Morgan fingerprint density at radius 3 is 2.77 bits per heavy atom. The van der Waals surface area contributed by atoms with Crippen molar-refractivity contribution in [2.45, 2.75) is 18.8 Å². The van der Waals surface area contributed by atoms with Crippen molar-refractivity contribution in [1.82, 2.24) is 4.98 Å². The largest absolute Gasteiger partial charge is 0.471 e. The summed E-state index contributed by atoms with van der Waals surface area (Å²) >= 11 is 0. The maximum Gasteiger partial charge on any atom is 0.239 e. The summed E-state index contributed by atoms with van der Waals surface area (Å²) in [7, 11) is -3.60. The van der Waals surface area contributed by atoms with Crippen LogP contribution in [0.2, 0.25) is 0 Å². The summed E-state index contributed by atoms with van der Waals surface area (Å²) in [5.41, 5.74) is 0.966. The Bertz CT molecular complexity index is 778. The van der Waals surface area contributed by atoms with Gasteiger partial charge in [-0.25, -0.2) is 17.8 Å². The Hall–Kier alpha value is -2.15. The third kappa shape index (κ3) is 2.89. The first-order valence-electron chi connectivity index (χ1n) is 6.82. The Morgan fingerprint density at radius 2 is 2.05 bits per heavy atom. The highest BCUT2D eigenvalue weighted by Gasteiger charge is 2.32. The fraction of sp³-hybridized carbons (Fsp3) is 0.267. The molecule has 22 heavy (non-hydrogen) atoms. The summed E-state index contributed by atoms with van der Waals surface area (Å²) in [4.78, 5) is 4.07. The van der Waals surface area contributed by atoms with Crippen LogP contribution in [0.15, 0.2) is 42.6 Å². The van der Waals surface area contributed by atoms with Crippen LogP contribution in [0.5, 0.6) is 5.88 Å². The molecule has 1 aromatic heterocycles. The molecular weight excluding hydrogens is 307 g/mol. The fourth-order valence-electron chi connectivity index (χ4n) is 2.36. The minimum atomic E-state index is -3.60. The van der Waals surface area contributed by atoms with Gasteiger partial charge in [-0.05, 0) is 36.8 Å². The maximum atomic E-state index is 12.9. The van der Waals surface area contributed by atoms with E-state index in [1.54, 1.807) is 25.3 Å². The van der Waals surface area contributed by atoms with Gasteiger partial charge in [0.05, 0.1) is 12.3 Å². The summed E-state index contributed by atoms with van der Waals surface area (Å²) < 4.78 is 45.2. The molecule has 0 saturated heterocycles. The van der Waals surface area contributed by atoms with Crippen molar-refractivity contribution in [1.29, 1.82) is 0 Å². The molecule has 1 aliphatic heterocycles. The van der Waals surface area contributed by atoms with Gasteiger partial charge in [-0.15, -0.1) is 0 Å². The molecule has 0 amide bonds. The highest BCUT2D eigenvalue weighted by atomic mass is 32.2. The molecule has 5 nitrogen and oxygen atoms in total. The number of rotatable bonds is 3. The van der Waals surface area contributed by atoms with E-state index >= 15 is 0 Å². The predicted molar refractivity (Wildman–Crippen MR) is 80.7 cm³/mol. The number of aromatic nitrogens is 1.